The van der Waals surface area contributed by atoms with E-state index in [-0.39, 0.29) is 18.5 Å². The normalized spacial score (nSPS) is 26.3. The summed E-state index contributed by atoms with van der Waals surface area (Å²) in [5.74, 6) is 1.69. The van der Waals surface area contributed by atoms with Gasteiger partial charge in [-0.1, -0.05) is 45.4 Å². The lowest BCUT2D eigenvalue weighted by Crippen LogP contribution is -2.34. The van der Waals surface area contributed by atoms with Crippen molar-refractivity contribution in [3.05, 3.63) is 35.1 Å². The lowest BCUT2D eigenvalue weighted by molar-refractivity contribution is -0.0480. The van der Waals surface area contributed by atoms with E-state index < -0.39 is 0 Å². The number of nitrogens with two attached hydrogens (primary N) is 1. The number of hydrogen-bond donors (Lipinski definition) is 1. The van der Waals surface area contributed by atoms with E-state index in [1.165, 1.54) is 12.8 Å². The molecule has 1 aliphatic carbocycles. The highest BCUT2D eigenvalue weighted by atomic mass is 19.1. The standard InChI is InChI=1S/C18H28FNO/c1-12(2)16-8-7-13(3)9-17(16)21-11-15-6-4-5-14(10-20)18(15)19/h4-6,12-13,16-17H,7-11,20H2,1-3H3. The van der Waals surface area contributed by atoms with Gasteiger partial charge in [0.15, 0.2) is 0 Å². The fourth-order valence-corrected chi connectivity index (χ4v) is 3.41. The van der Waals surface area contributed by atoms with Crippen LogP contribution in [0.5, 0.6) is 0 Å². The molecule has 3 atom stereocenters. The predicted molar refractivity (Wildman–Crippen MR) is 84.2 cm³/mol. The molecule has 2 N–H and O–H groups in total. The minimum absolute atomic E-state index is 0.204. The summed E-state index contributed by atoms with van der Waals surface area (Å²) >= 11 is 0. The lowest BCUT2D eigenvalue weighted by atomic mass is 9.75. The molecule has 0 bridgehead atoms. The van der Waals surface area contributed by atoms with Gasteiger partial charge in [-0.25, -0.2) is 4.39 Å². The Morgan fingerprint density at radius 3 is 2.67 bits per heavy atom. The van der Waals surface area contributed by atoms with E-state index in [2.05, 4.69) is 20.8 Å². The van der Waals surface area contributed by atoms with Crippen LogP contribution in [-0.2, 0) is 17.9 Å². The van der Waals surface area contributed by atoms with Crippen molar-refractivity contribution in [3.8, 4) is 0 Å². The summed E-state index contributed by atoms with van der Waals surface area (Å²) in [6.07, 6.45) is 3.82. The molecule has 0 heterocycles. The van der Waals surface area contributed by atoms with Crippen molar-refractivity contribution in [2.24, 2.45) is 23.5 Å². The maximum absolute atomic E-state index is 14.2. The Balaban J connectivity index is 2.03. The fourth-order valence-electron chi connectivity index (χ4n) is 3.41. The average molecular weight is 293 g/mol. The van der Waals surface area contributed by atoms with Gasteiger partial charge in [0.05, 0.1) is 12.7 Å². The number of hydrogen-bond acceptors (Lipinski definition) is 2. The minimum atomic E-state index is -0.204. The van der Waals surface area contributed by atoms with Crippen LogP contribution in [0, 0.1) is 23.6 Å². The van der Waals surface area contributed by atoms with Gasteiger partial charge in [-0.2, -0.15) is 0 Å². The van der Waals surface area contributed by atoms with Crippen LogP contribution in [-0.4, -0.2) is 6.10 Å². The molecular weight excluding hydrogens is 265 g/mol. The van der Waals surface area contributed by atoms with Crippen LogP contribution in [0.25, 0.3) is 0 Å². The third-order valence-corrected chi connectivity index (χ3v) is 4.79. The molecule has 0 aromatic heterocycles. The summed E-state index contributed by atoms with van der Waals surface area (Å²) in [4.78, 5) is 0. The van der Waals surface area contributed by atoms with Crippen molar-refractivity contribution in [2.45, 2.75) is 59.3 Å². The van der Waals surface area contributed by atoms with Crippen LogP contribution in [0.1, 0.15) is 51.2 Å². The summed E-state index contributed by atoms with van der Waals surface area (Å²) in [6.45, 7) is 7.37. The van der Waals surface area contributed by atoms with Crippen LogP contribution >= 0.6 is 0 Å². The Kier molecular flexibility index (Phi) is 5.77. The van der Waals surface area contributed by atoms with Crippen molar-refractivity contribution in [1.82, 2.24) is 0 Å². The van der Waals surface area contributed by atoms with Crippen LogP contribution in [0.2, 0.25) is 0 Å². The van der Waals surface area contributed by atoms with Crippen LogP contribution in [0.4, 0.5) is 4.39 Å². The Hall–Kier alpha value is -0.930. The smallest absolute Gasteiger partial charge is 0.133 e. The molecule has 1 fully saturated rings. The summed E-state index contributed by atoms with van der Waals surface area (Å²) in [6, 6.07) is 5.39. The van der Waals surface area contributed by atoms with E-state index in [0.717, 1.165) is 6.42 Å². The van der Waals surface area contributed by atoms with Crippen molar-refractivity contribution in [2.75, 3.05) is 0 Å². The van der Waals surface area contributed by atoms with Crippen LogP contribution < -0.4 is 5.73 Å². The Morgan fingerprint density at radius 1 is 1.29 bits per heavy atom. The fraction of sp³-hybridized carbons (Fsp3) is 0.667. The van der Waals surface area contributed by atoms with E-state index in [9.17, 15) is 4.39 Å². The van der Waals surface area contributed by atoms with Gasteiger partial charge >= 0.3 is 0 Å². The molecule has 0 amide bonds. The van der Waals surface area contributed by atoms with Gasteiger partial charge in [0.25, 0.3) is 0 Å². The molecule has 0 spiro atoms. The lowest BCUT2D eigenvalue weighted by Gasteiger charge is -2.37. The number of rotatable bonds is 5. The molecule has 2 nitrogen and oxygen atoms in total. The zero-order valence-corrected chi connectivity index (χ0v) is 13.4. The summed E-state index contributed by atoms with van der Waals surface area (Å²) in [7, 11) is 0. The molecule has 0 saturated heterocycles. The van der Waals surface area contributed by atoms with Crippen molar-refractivity contribution < 1.29 is 9.13 Å². The highest BCUT2D eigenvalue weighted by Gasteiger charge is 2.31. The van der Waals surface area contributed by atoms with Gasteiger partial charge < -0.3 is 10.5 Å². The quantitative estimate of drug-likeness (QED) is 0.880. The molecule has 0 radical (unpaired) electrons. The van der Waals surface area contributed by atoms with Gasteiger partial charge in [-0.15, -0.1) is 0 Å². The molecule has 1 aromatic carbocycles. The largest absolute Gasteiger partial charge is 0.373 e. The van der Waals surface area contributed by atoms with Gasteiger partial charge in [0, 0.05) is 17.7 Å². The van der Waals surface area contributed by atoms with E-state index in [4.69, 9.17) is 10.5 Å². The first-order valence-electron chi connectivity index (χ1n) is 8.10. The molecule has 2 rings (SSSR count). The first-order chi connectivity index (χ1) is 10.0. The zero-order chi connectivity index (χ0) is 15.4. The van der Waals surface area contributed by atoms with Gasteiger partial charge in [-0.05, 0) is 30.6 Å². The van der Waals surface area contributed by atoms with Crippen molar-refractivity contribution in [1.29, 1.82) is 0 Å². The zero-order valence-electron chi connectivity index (χ0n) is 13.4. The molecule has 0 aliphatic heterocycles. The highest BCUT2D eigenvalue weighted by molar-refractivity contribution is 5.25. The second kappa shape index (κ2) is 7.37. The molecule has 118 valence electrons. The molecule has 1 saturated carbocycles. The predicted octanol–water partition coefficient (Wildman–Crippen LogP) is 4.26. The molecule has 1 aliphatic rings. The van der Waals surface area contributed by atoms with E-state index >= 15 is 0 Å². The molecule has 3 unspecified atom stereocenters. The third kappa shape index (κ3) is 4.04. The van der Waals surface area contributed by atoms with Crippen molar-refractivity contribution in [3.63, 3.8) is 0 Å². The Labute approximate surface area is 127 Å². The maximum Gasteiger partial charge on any atom is 0.133 e. The third-order valence-electron chi connectivity index (χ3n) is 4.79. The summed E-state index contributed by atoms with van der Waals surface area (Å²) < 4.78 is 20.3. The second-order valence-corrected chi connectivity index (χ2v) is 6.77. The van der Waals surface area contributed by atoms with Crippen LogP contribution in [0.15, 0.2) is 18.2 Å². The topological polar surface area (TPSA) is 35.2 Å². The molecular formula is C18H28FNO. The monoisotopic (exact) mass is 293 g/mol. The first kappa shape index (κ1) is 16.4. The number of ether oxygens (including phenoxy) is 1. The summed E-state index contributed by atoms with van der Waals surface area (Å²) in [5.41, 5.74) is 6.74. The van der Waals surface area contributed by atoms with Crippen molar-refractivity contribution >= 4 is 0 Å². The number of halogens is 1. The SMILES string of the molecule is CC1CCC(C(C)C)C(OCc2cccc(CN)c2F)C1. The second-order valence-electron chi connectivity index (χ2n) is 6.77. The molecule has 21 heavy (non-hydrogen) atoms. The Morgan fingerprint density at radius 2 is 2.00 bits per heavy atom. The van der Waals surface area contributed by atoms with Gasteiger partial charge in [0.1, 0.15) is 5.82 Å². The minimum Gasteiger partial charge on any atom is -0.373 e. The number of benzene rings is 1. The van der Waals surface area contributed by atoms with Crippen LogP contribution in [0.3, 0.4) is 0 Å². The van der Waals surface area contributed by atoms with Gasteiger partial charge in [-0.3, -0.25) is 0 Å². The maximum atomic E-state index is 14.2. The van der Waals surface area contributed by atoms with E-state index in [1.54, 1.807) is 12.1 Å². The van der Waals surface area contributed by atoms with E-state index in [0.29, 0.717) is 35.5 Å². The molecule has 3 heteroatoms. The van der Waals surface area contributed by atoms with Gasteiger partial charge in [0.2, 0.25) is 0 Å². The summed E-state index contributed by atoms with van der Waals surface area (Å²) in [5, 5.41) is 0. The first-order valence-corrected chi connectivity index (χ1v) is 8.10. The highest BCUT2D eigenvalue weighted by Crippen LogP contribution is 2.35. The average Bonchev–Trinajstić information content (AvgIpc) is 2.46. The molecule has 1 aromatic rings. The Bertz CT molecular complexity index is 461. The van der Waals surface area contributed by atoms with E-state index in [1.807, 2.05) is 6.07 Å².